The maximum atomic E-state index is 12.1. The summed E-state index contributed by atoms with van der Waals surface area (Å²) in [5, 5.41) is 3.69. The Bertz CT molecular complexity index is 920. The minimum atomic E-state index is -0.313. The van der Waals surface area contributed by atoms with Gasteiger partial charge in [0.05, 0.1) is 18.5 Å². The molecule has 0 radical (unpaired) electrons. The number of aromatic nitrogens is 1. The van der Waals surface area contributed by atoms with Gasteiger partial charge in [-0.25, -0.2) is 4.98 Å². The Labute approximate surface area is 152 Å². The van der Waals surface area contributed by atoms with Crippen LogP contribution in [0.25, 0.3) is 10.9 Å². The predicted molar refractivity (Wildman–Crippen MR) is 99.9 cm³/mol. The summed E-state index contributed by atoms with van der Waals surface area (Å²) in [6, 6.07) is 18.9. The topological polar surface area (TPSA) is 68.3 Å². The van der Waals surface area contributed by atoms with Gasteiger partial charge in [-0.05, 0) is 24.6 Å². The van der Waals surface area contributed by atoms with Crippen molar-refractivity contribution < 1.29 is 14.3 Å². The van der Waals surface area contributed by atoms with E-state index >= 15 is 0 Å². The summed E-state index contributed by atoms with van der Waals surface area (Å²) in [4.78, 5) is 28.3. The molecule has 3 aromatic rings. The molecule has 0 spiro atoms. The lowest BCUT2D eigenvalue weighted by Gasteiger charge is -2.07. The van der Waals surface area contributed by atoms with Gasteiger partial charge in [-0.1, -0.05) is 54.1 Å². The number of benzene rings is 2. The molecule has 132 valence electrons. The highest BCUT2D eigenvalue weighted by Gasteiger charge is 2.09. The molecule has 0 aliphatic rings. The first kappa shape index (κ1) is 17.6. The highest BCUT2D eigenvalue weighted by Crippen LogP contribution is 2.11. The van der Waals surface area contributed by atoms with Crippen LogP contribution < -0.4 is 5.32 Å². The second kappa shape index (κ2) is 8.25. The largest absolute Gasteiger partial charge is 0.464 e. The van der Waals surface area contributed by atoms with Gasteiger partial charge in [0.25, 0.3) is 5.91 Å². The third-order valence-corrected chi connectivity index (χ3v) is 3.95. The van der Waals surface area contributed by atoms with E-state index < -0.39 is 0 Å². The van der Waals surface area contributed by atoms with Gasteiger partial charge in [0, 0.05) is 5.39 Å². The molecular weight excluding hydrogens is 328 g/mol. The van der Waals surface area contributed by atoms with Crippen molar-refractivity contribution in [2.45, 2.75) is 13.3 Å². The standard InChI is InChI=1S/C21H20N2O3/c1-15-6-8-16(9-7-15)14-20(24)26-13-12-22-21(25)19-11-10-17-4-2-3-5-18(17)23-19/h2-11H,12-14H2,1H3,(H,22,25). The van der Waals surface area contributed by atoms with Crippen LogP contribution in [0.1, 0.15) is 21.6 Å². The maximum absolute atomic E-state index is 12.1. The van der Waals surface area contributed by atoms with Gasteiger partial charge in [0.2, 0.25) is 0 Å². The molecule has 5 nitrogen and oxygen atoms in total. The Kier molecular flexibility index (Phi) is 5.59. The van der Waals surface area contributed by atoms with E-state index in [1.807, 2.05) is 61.5 Å². The second-order valence-electron chi connectivity index (χ2n) is 6.03. The van der Waals surface area contributed by atoms with E-state index in [0.717, 1.165) is 22.0 Å². The van der Waals surface area contributed by atoms with Gasteiger partial charge in [-0.2, -0.15) is 0 Å². The number of hydrogen-bond donors (Lipinski definition) is 1. The number of nitrogens with one attached hydrogen (secondary N) is 1. The Morgan fingerprint density at radius 1 is 1.00 bits per heavy atom. The molecule has 1 heterocycles. The minimum Gasteiger partial charge on any atom is -0.464 e. The van der Waals surface area contributed by atoms with Crippen LogP contribution in [-0.2, 0) is 16.0 Å². The van der Waals surface area contributed by atoms with Gasteiger partial charge in [-0.15, -0.1) is 0 Å². The van der Waals surface area contributed by atoms with Crippen molar-refractivity contribution in [3.63, 3.8) is 0 Å². The molecule has 3 rings (SSSR count). The predicted octanol–water partition coefficient (Wildman–Crippen LogP) is 3.06. The molecule has 0 unspecified atom stereocenters. The van der Waals surface area contributed by atoms with Crippen molar-refractivity contribution in [2.75, 3.05) is 13.2 Å². The molecule has 1 N–H and O–H groups in total. The number of fused-ring (bicyclic) bond motifs is 1. The molecule has 0 aliphatic carbocycles. The third-order valence-electron chi connectivity index (χ3n) is 3.95. The van der Waals surface area contributed by atoms with Crippen LogP contribution >= 0.6 is 0 Å². The molecule has 26 heavy (non-hydrogen) atoms. The fourth-order valence-corrected chi connectivity index (χ4v) is 2.54. The van der Waals surface area contributed by atoms with E-state index in [0.29, 0.717) is 5.69 Å². The van der Waals surface area contributed by atoms with Crippen molar-refractivity contribution in [3.05, 3.63) is 77.5 Å². The minimum absolute atomic E-state index is 0.129. The van der Waals surface area contributed by atoms with Gasteiger partial charge in [0.1, 0.15) is 12.3 Å². The summed E-state index contributed by atoms with van der Waals surface area (Å²) in [7, 11) is 0. The molecule has 5 heteroatoms. The van der Waals surface area contributed by atoms with Crippen molar-refractivity contribution in [1.82, 2.24) is 10.3 Å². The molecule has 0 saturated carbocycles. The number of para-hydroxylation sites is 1. The van der Waals surface area contributed by atoms with Crippen LogP contribution in [0.15, 0.2) is 60.7 Å². The number of ether oxygens (including phenoxy) is 1. The van der Waals surface area contributed by atoms with E-state index in [9.17, 15) is 9.59 Å². The number of esters is 1. The monoisotopic (exact) mass is 348 g/mol. The molecule has 0 atom stereocenters. The number of nitrogens with zero attached hydrogens (tertiary/aromatic N) is 1. The molecular formula is C21H20N2O3. The third kappa shape index (κ3) is 4.66. The highest BCUT2D eigenvalue weighted by molar-refractivity contribution is 5.94. The van der Waals surface area contributed by atoms with E-state index in [4.69, 9.17) is 4.74 Å². The van der Waals surface area contributed by atoms with Crippen LogP contribution in [0.4, 0.5) is 0 Å². The molecule has 0 aliphatic heterocycles. The van der Waals surface area contributed by atoms with Gasteiger partial charge in [-0.3, -0.25) is 9.59 Å². The number of aryl methyl sites for hydroxylation is 1. The number of pyridine rings is 1. The summed E-state index contributed by atoms with van der Waals surface area (Å²) in [5.74, 6) is -0.600. The zero-order valence-corrected chi connectivity index (χ0v) is 14.6. The summed E-state index contributed by atoms with van der Waals surface area (Å²) < 4.78 is 5.16. The fourth-order valence-electron chi connectivity index (χ4n) is 2.54. The van der Waals surface area contributed by atoms with Crippen LogP contribution in [-0.4, -0.2) is 30.0 Å². The summed E-state index contributed by atoms with van der Waals surface area (Å²) in [6.07, 6.45) is 0.223. The summed E-state index contributed by atoms with van der Waals surface area (Å²) in [6.45, 7) is 2.37. The average Bonchev–Trinajstić information content (AvgIpc) is 2.66. The molecule has 1 amide bonds. The van der Waals surface area contributed by atoms with E-state index in [1.165, 1.54) is 0 Å². The molecule has 2 aromatic carbocycles. The Hall–Kier alpha value is -3.21. The lowest BCUT2D eigenvalue weighted by Crippen LogP contribution is -2.28. The van der Waals surface area contributed by atoms with Crippen molar-refractivity contribution in [3.8, 4) is 0 Å². The summed E-state index contributed by atoms with van der Waals surface area (Å²) >= 11 is 0. The normalized spacial score (nSPS) is 10.5. The molecule has 0 bridgehead atoms. The Morgan fingerprint density at radius 2 is 1.77 bits per heavy atom. The second-order valence-corrected chi connectivity index (χ2v) is 6.03. The fraction of sp³-hybridized carbons (Fsp3) is 0.190. The zero-order valence-electron chi connectivity index (χ0n) is 14.6. The molecule has 0 fully saturated rings. The van der Waals surface area contributed by atoms with Crippen molar-refractivity contribution in [1.29, 1.82) is 0 Å². The maximum Gasteiger partial charge on any atom is 0.310 e. The first-order valence-electron chi connectivity index (χ1n) is 8.47. The first-order chi connectivity index (χ1) is 12.6. The Morgan fingerprint density at radius 3 is 2.58 bits per heavy atom. The van der Waals surface area contributed by atoms with Gasteiger partial charge in [0.15, 0.2) is 0 Å². The van der Waals surface area contributed by atoms with E-state index in [1.54, 1.807) is 6.07 Å². The average molecular weight is 348 g/mol. The summed E-state index contributed by atoms with van der Waals surface area (Å²) in [5.41, 5.74) is 3.16. The first-order valence-corrected chi connectivity index (χ1v) is 8.47. The van der Waals surface area contributed by atoms with Crippen molar-refractivity contribution >= 4 is 22.8 Å². The zero-order chi connectivity index (χ0) is 18.4. The van der Waals surface area contributed by atoms with Crippen LogP contribution in [0.3, 0.4) is 0 Å². The van der Waals surface area contributed by atoms with E-state index in [-0.39, 0.29) is 31.4 Å². The molecule has 0 saturated heterocycles. The van der Waals surface area contributed by atoms with E-state index in [2.05, 4.69) is 10.3 Å². The number of rotatable bonds is 6. The van der Waals surface area contributed by atoms with Gasteiger partial charge < -0.3 is 10.1 Å². The van der Waals surface area contributed by atoms with Crippen LogP contribution in [0.5, 0.6) is 0 Å². The lowest BCUT2D eigenvalue weighted by molar-refractivity contribution is -0.142. The smallest absolute Gasteiger partial charge is 0.310 e. The Balaban J connectivity index is 1.44. The number of amides is 1. The number of carbonyl (C=O) groups excluding carboxylic acids is 2. The number of carbonyl (C=O) groups is 2. The quantitative estimate of drug-likeness (QED) is 0.549. The molecule has 1 aromatic heterocycles. The van der Waals surface area contributed by atoms with Crippen LogP contribution in [0, 0.1) is 6.92 Å². The lowest BCUT2D eigenvalue weighted by atomic mass is 10.1. The SMILES string of the molecule is Cc1ccc(CC(=O)OCCNC(=O)c2ccc3ccccc3n2)cc1. The van der Waals surface area contributed by atoms with Crippen molar-refractivity contribution in [2.24, 2.45) is 0 Å². The number of hydrogen-bond acceptors (Lipinski definition) is 4. The highest BCUT2D eigenvalue weighted by atomic mass is 16.5. The van der Waals surface area contributed by atoms with Crippen LogP contribution in [0.2, 0.25) is 0 Å². The van der Waals surface area contributed by atoms with Gasteiger partial charge >= 0.3 is 5.97 Å².